The maximum absolute atomic E-state index is 11.6. The van der Waals surface area contributed by atoms with Crippen molar-refractivity contribution in [3.05, 3.63) is 46.8 Å². The molecule has 4 N–H and O–H groups in total. The number of nitrogens with one attached hydrogen (secondary N) is 1. The second-order valence-electron chi connectivity index (χ2n) is 8.85. The van der Waals surface area contributed by atoms with Crippen molar-refractivity contribution in [1.29, 1.82) is 0 Å². The standard InChI is InChI=1S/C25H32N4O4/c1-16(30)27-21-13-18(24(33-2)15-23(21)31)5-9-28-10-7-20(8-11-28)29-12-6-17-3-4-19(25(26)32)14-22(17)29/h6,12-15,20,31H,3-5,7-11H2,1-2H3,(H2,26,32)(H,27,30). The number of carbonyl (C=O) groups excluding carboxylic acids is 2. The fourth-order valence-corrected chi connectivity index (χ4v) is 4.89. The lowest BCUT2D eigenvalue weighted by molar-refractivity contribution is -0.115. The van der Waals surface area contributed by atoms with Crippen LogP contribution in [0, 0.1) is 0 Å². The van der Waals surface area contributed by atoms with Crippen LogP contribution in [0.15, 0.2) is 30.0 Å². The highest BCUT2D eigenvalue weighted by atomic mass is 16.5. The van der Waals surface area contributed by atoms with Crippen molar-refractivity contribution in [3.8, 4) is 11.5 Å². The Morgan fingerprint density at radius 3 is 2.67 bits per heavy atom. The molecule has 1 aliphatic carbocycles. The molecule has 2 aliphatic rings. The summed E-state index contributed by atoms with van der Waals surface area (Å²) in [7, 11) is 1.58. The van der Waals surface area contributed by atoms with Crippen LogP contribution in [0.5, 0.6) is 11.5 Å². The average Bonchev–Trinajstić information content (AvgIpc) is 3.22. The number of ether oxygens (including phenoxy) is 1. The summed E-state index contributed by atoms with van der Waals surface area (Å²) >= 11 is 0. The maximum atomic E-state index is 11.6. The molecule has 8 nitrogen and oxygen atoms in total. The van der Waals surface area contributed by atoms with Crippen molar-refractivity contribution < 1.29 is 19.4 Å². The Morgan fingerprint density at radius 1 is 1.24 bits per heavy atom. The summed E-state index contributed by atoms with van der Waals surface area (Å²) in [5, 5.41) is 12.8. The van der Waals surface area contributed by atoms with Gasteiger partial charge in [-0.1, -0.05) is 0 Å². The van der Waals surface area contributed by atoms with Gasteiger partial charge >= 0.3 is 0 Å². The van der Waals surface area contributed by atoms with Gasteiger partial charge in [-0.3, -0.25) is 9.59 Å². The molecule has 0 spiro atoms. The van der Waals surface area contributed by atoms with Crippen molar-refractivity contribution in [2.45, 2.75) is 45.1 Å². The van der Waals surface area contributed by atoms with Crippen molar-refractivity contribution >= 4 is 23.6 Å². The van der Waals surface area contributed by atoms with Gasteiger partial charge in [0.1, 0.15) is 11.5 Å². The van der Waals surface area contributed by atoms with Gasteiger partial charge < -0.3 is 30.4 Å². The number of methoxy groups -OCH3 is 1. The molecule has 0 radical (unpaired) electrons. The Bertz CT molecular complexity index is 1080. The number of aromatic nitrogens is 1. The normalized spacial score (nSPS) is 16.7. The smallest absolute Gasteiger partial charge is 0.244 e. The first-order valence-electron chi connectivity index (χ1n) is 11.5. The van der Waals surface area contributed by atoms with E-state index >= 15 is 0 Å². The third kappa shape index (κ3) is 5.06. The highest BCUT2D eigenvalue weighted by molar-refractivity contribution is 5.97. The molecular formula is C25H32N4O4. The highest BCUT2D eigenvalue weighted by Crippen LogP contribution is 2.34. The molecule has 0 unspecified atom stereocenters. The van der Waals surface area contributed by atoms with Crippen LogP contribution < -0.4 is 15.8 Å². The summed E-state index contributed by atoms with van der Waals surface area (Å²) in [6.45, 7) is 4.23. The van der Waals surface area contributed by atoms with Crippen LogP contribution in [0.4, 0.5) is 5.69 Å². The summed E-state index contributed by atoms with van der Waals surface area (Å²) in [5.41, 5.74) is 10.00. The van der Waals surface area contributed by atoms with Gasteiger partial charge in [0.25, 0.3) is 0 Å². The van der Waals surface area contributed by atoms with Crippen molar-refractivity contribution in [2.24, 2.45) is 5.73 Å². The second-order valence-corrected chi connectivity index (χ2v) is 8.85. The molecule has 1 fully saturated rings. The number of likely N-dealkylation sites (tertiary alicyclic amines) is 1. The van der Waals surface area contributed by atoms with Gasteiger partial charge in [0, 0.05) is 56.1 Å². The van der Waals surface area contributed by atoms with Crippen LogP contribution in [0.3, 0.4) is 0 Å². The van der Waals surface area contributed by atoms with E-state index in [1.165, 1.54) is 12.5 Å². The number of fused-ring (bicyclic) bond motifs is 1. The van der Waals surface area contributed by atoms with E-state index in [-0.39, 0.29) is 17.6 Å². The Hall–Kier alpha value is -3.26. The van der Waals surface area contributed by atoms with Crippen LogP contribution in [0.25, 0.3) is 6.08 Å². The lowest BCUT2D eigenvalue weighted by Crippen LogP contribution is -2.36. The fraction of sp³-hybridized carbons (Fsp3) is 0.440. The Kier molecular flexibility index (Phi) is 6.74. The number of rotatable bonds is 7. The first-order chi connectivity index (χ1) is 15.9. The summed E-state index contributed by atoms with van der Waals surface area (Å²) in [5.74, 6) is 0.0609. The SMILES string of the molecule is COc1cc(O)c(NC(C)=O)cc1CCN1CCC(n2ccc3c2C=C(C(N)=O)CC3)CC1. The molecule has 1 aliphatic heterocycles. The zero-order valence-corrected chi connectivity index (χ0v) is 19.3. The van der Waals surface area contributed by atoms with Crippen LogP contribution in [-0.4, -0.2) is 53.1 Å². The molecule has 4 rings (SSSR count). The number of phenols is 1. The average molecular weight is 453 g/mol. The number of aromatic hydroxyl groups is 1. The number of anilines is 1. The Balaban J connectivity index is 1.38. The topological polar surface area (TPSA) is 110 Å². The third-order valence-electron chi connectivity index (χ3n) is 6.69. The van der Waals surface area contributed by atoms with Crippen molar-refractivity contribution in [3.63, 3.8) is 0 Å². The first-order valence-corrected chi connectivity index (χ1v) is 11.5. The number of nitrogens with zero attached hydrogens (tertiary/aromatic N) is 2. The number of hydrogen-bond acceptors (Lipinski definition) is 5. The van der Waals surface area contributed by atoms with Gasteiger partial charge in [0.05, 0.1) is 12.8 Å². The van der Waals surface area contributed by atoms with Gasteiger partial charge in [0.15, 0.2) is 0 Å². The van der Waals surface area contributed by atoms with Crippen LogP contribution >= 0.6 is 0 Å². The largest absolute Gasteiger partial charge is 0.506 e. The number of carbonyl (C=O) groups is 2. The molecule has 0 atom stereocenters. The van der Waals surface area contributed by atoms with E-state index in [4.69, 9.17) is 10.5 Å². The van der Waals surface area contributed by atoms with Gasteiger partial charge in [-0.15, -0.1) is 0 Å². The lowest BCUT2D eigenvalue weighted by Gasteiger charge is -2.34. The summed E-state index contributed by atoms with van der Waals surface area (Å²) in [4.78, 5) is 25.5. The number of aryl methyl sites for hydroxylation is 1. The van der Waals surface area contributed by atoms with E-state index < -0.39 is 0 Å². The number of benzene rings is 1. The lowest BCUT2D eigenvalue weighted by atomic mass is 9.96. The molecule has 0 saturated carbocycles. The van der Waals surface area contributed by atoms with E-state index in [0.717, 1.165) is 63.0 Å². The van der Waals surface area contributed by atoms with Gasteiger partial charge in [0.2, 0.25) is 11.8 Å². The monoisotopic (exact) mass is 452 g/mol. The minimum Gasteiger partial charge on any atom is -0.506 e. The molecular weight excluding hydrogens is 420 g/mol. The van der Waals surface area contributed by atoms with E-state index in [1.54, 1.807) is 19.2 Å². The minimum atomic E-state index is -0.325. The molecule has 33 heavy (non-hydrogen) atoms. The molecule has 1 saturated heterocycles. The molecule has 1 aromatic carbocycles. The van der Waals surface area contributed by atoms with Gasteiger partial charge in [-0.25, -0.2) is 0 Å². The highest BCUT2D eigenvalue weighted by Gasteiger charge is 2.25. The zero-order valence-electron chi connectivity index (χ0n) is 19.3. The van der Waals surface area contributed by atoms with Crippen LogP contribution in [0.2, 0.25) is 0 Å². The zero-order chi connectivity index (χ0) is 23.5. The number of amides is 2. The number of piperidine rings is 1. The Morgan fingerprint density at radius 2 is 2.00 bits per heavy atom. The number of hydrogen-bond donors (Lipinski definition) is 3. The molecule has 0 bridgehead atoms. The van der Waals surface area contributed by atoms with Crippen molar-refractivity contribution in [1.82, 2.24) is 9.47 Å². The molecule has 2 aromatic rings. The predicted octanol–water partition coefficient (Wildman–Crippen LogP) is 2.86. The van der Waals surface area contributed by atoms with E-state index in [0.29, 0.717) is 23.1 Å². The van der Waals surface area contributed by atoms with Gasteiger partial charge in [-0.2, -0.15) is 0 Å². The second kappa shape index (κ2) is 9.70. The predicted molar refractivity (Wildman–Crippen MR) is 127 cm³/mol. The van der Waals surface area contributed by atoms with Crippen molar-refractivity contribution in [2.75, 3.05) is 32.1 Å². The molecule has 2 heterocycles. The number of nitrogens with two attached hydrogens (primary N) is 1. The number of phenolic OH excluding ortho intramolecular Hbond substituents is 1. The van der Waals surface area contributed by atoms with Crippen LogP contribution in [0.1, 0.15) is 49.0 Å². The number of primary amides is 1. The minimum absolute atomic E-state index is 0.00443. The molecule has 1 aromatic heterocycles. The first kappa shape index (κ1) is 22.9. The fourth-order valence-electron chi connectivity index (χ4n) is 4.89. The summed E-state index contributed by atoms with van der Waals surface area (Å²) < 4.78 is 7.75. The quantitative estimate of drug-likeness (QED) is 0.560. The van der Waals surface area contributed by atoms with Crippen LogP contribution in [-0.2, 0) is 22.4 Å². The maximum Gasteiger partial charge on any atom is 0.244 e. The van der Waals surface area contributed by atoms with Gasteiger partial charge in [-0.05, 0) is 61.4 Å². The Labute approximate surface area is 194 Å². The summed E-state index contributed by atoms with van der Waals surface area (Å²) in [6, 6.07) is 5.91. The van der Waals surface area contributed by atoms with E-state index in [9.17, 15) is 14.7 Å². The molecule has 8 heteroatoms. The summed E-state index contributed by atoms with van der Waals surface area (Å²) in [6.07, 6.45) is 8.52. The third-order valence-corrected chi connectivity index (χ3v) is 6.69. The molecule has 2 amide bonds. The van der Waals surface area contributed by atoms with E-state index in [2.05, 4.69) is 27.0 Å². The van der Waals surface area contributed by atoms with E-state index in [1.807, 2.05) is 6.08 Å². The molecule has 176 valence electrons.